The maximum absolute atomic E-state index is 13.7. The van der Waals surface area contributed by atoms with E-state index in [4.69, 9.17) is 11.6 Å². The molecule has 0 aliphatic rings. The molecule has 0 bridgehead atoms. The first kappa shape index (κ1) is 21.2. The van der Waals surface area contributed by atoms with Crippen LogP contribution in [0.2, 0.25) is 5.02 Å². The summed E-state index contributed by atoms with van der Waals surface area (Å²) in [6.07, 6.45) is -5.18. The van der Waals surface area contributed by atoms with Gasteiger partial charge in [0.2, 0.25) is 5.95 Å². The molecular formula is C14H10ClF4N5O4. The average Bonchev–Trinajstić information content (AvgIpc) is 2.52. The third-order valence-electron chi connectivity index (χ3n) is 3.38. The van der Waals surface area contributed by atoms with E-state index in [2.05, 4.69) is 15.3 Å². The first-order valence-electron chi connectivity index (χ1n) is 7.36. The topological polar surface area (TPSA) is 124 Å². The molecule has 0 fully saturated rings. The van der Waals surface area contributed by atoms with Gasteiger partial charge in [0.25, 0.3) is 0 Å². The highest BCUT2D eigenvalue weighted by atomic mass is 35.5. The third-order valence-corrected chi connectivity index (χ3v) is 3.77. The van der Waals surface area contributed by atoms with Crippen molar-refractivity contribution in [2.24, 2.45) is 0 Å². The maximum Gasteiger partial charge on any atom is 0.418 e. The van der Waals surface area contributed by atoms with E-state index in [1.165, 1.54) is 0 Å². The third kappa shape index (κ3) is 4.24. The van der Waals surface area contributed by atoms with Crippen molar-refractivity contribution in [2.45, 2.75) is 25.9 Å². The molecule has 0 spiro atoms. The van der Waals surface area contributed by atoms with Crippen LogP contribution < -0.4 is 5.32 Å². The van der Waals surface area contributed by atoms with E-state index in [1.54, 1.807) is 13.8 Å². The van der Waals surface area contributed by atoms with E-state index in [0.717, 1.165) is 0 Å². The van der Waals surface area contributed by atoms with E-state index in [1.807, 2.05) is 0 Å². The van der Waals surface area contributed by atoms with Gasteiger partial charge in [-0.1, -0.05) is 25.4 Å². The Morgan fingerprint density at radius 1 is 1.14 bits per heavy atom. The largest absolute Gasteiger partial charge is 0.418 e. The predicted octanol–water partition coefficient (Wildman–Crippen LogP) is 4.97. The van der Waals surface area contributed by atoms with Gasteiger partial charge in [0, 0.05) is 18.1 Å². The van der Waals surface area contributed by atoms with Crippen molar-refractivity contribution in [1.82, 2.24) is 9.97 Å². The lowest BCUT2D eigenvalue weighted by Crippen LogP contribution is -2.12. The minimum Gasteiger partial charge on any atom is -0.329 e. The summed E-state index contributed by atoms with van der Waals surface area (Å²) < 4.78 is 52.9. The van der Waals surface area contributed by atoms with Crippen molar-refractivity contribution in [3.63, 3.8) is 0 Å². The first-order valence-corrected chi connectivity index (χ1v) is 7.74. The number of anilines is 2. The van der Waals surface area contributed by atoms with Crippen LogP contribution in [0.5, 0.6) is 0 Å². The van der Waals surface area contributed by atoms with Crippen LogP contribution in [-0.2, 0) is 6.18 Å². The first-order chi connectivity index (χ1) is 12.8. The second kappa shape index (κ2) is 7.50. The standard InChI is InChI=1S/C14H10ClF4N5O4/c1-5(2)13-20-8(16)4-9(22-13)21-11-7(23(25)26)3-6(14(17,18)19)10(15)12(11)24(27)28/h3-5H,1-2H3,(H,20,21,22). The average molecular weight is 424 g/mol. The zero-order chi connectivity index (χ0) is 21.4. The number of nitro groups is 2. The van der Waals surface area contributed by atoms with E-state index >= 15 is 0 Å². The van der Waals surface area contributed by atoms with Gasteiger partial charge >= 0.3 is 17.6 Å². The predicted molar refractivity (Wildman–Crippen MR) is 89.1 cm³/mol. The summed E-state index contributed by atoms with van der Waals surface area (Å²) in [5.41, 5.74) is -5.41. The SMILES string of the molecule is CC(C)c1nc(F)cc(Nc2c([N+](=O)[O-])cc(C(F)(F)F)c(Cl)c2[N+](=O)[O-])n1. The number of nitrogens with zero attached hydrogens (tertiary/aromatic N) is 4. The van der Waals surface area contributed by atoms with Crippen molar-refractivity contribution in [2.75, 3.05) is 5.32 Å². The number of benzene rings is 1. The quantitative estimate of drug-likeness (QED) is 0.311. The summed E-state index contributed by atoms with van der Waals surface area (Å²) in [6, 6.07) is 0.726. The Balaban J connectivity index is 2.78. The summed E-state index contributed by atoms with van der Waals surface area (Å²) in [4.78, 5) is 27.3. The van der Waals surface area contributed by atoms with Crippen molar-refractivity contribution in [1.29, 1.82) is 0 Å². The number of halogens is 5. The van der Waals surface area contributed by atoms with Crippen LogP contribution in [0.15, 0.2) is 12.1 Å². The lowest BCUT2D eigenvalue weighted by Gasteiger charge is -2.14. The maximum atomic E-state index is 13.7. The van der Waals surface area contributed by atoms with Gasteiger partial charge in [-0.3, -0.25) is 20.2 Å². The molecular weight excluding hydrogens is 414 g/mol. The minimum atomic E-state index is -5.18. The van der Waals surface area contributed by atoms with Crippen LogP contribution in [0, 0.1) is 26.2 Å². The van der Waals surface area contributed by atoms with Crippen LogP contribution in [0.1, 0.15) is 31.2 Å². The fraction of sp³-hybridized carbons (Fsp3) is 0.286. The highest BCUT2D eigenvalue weighted by Crippen LogP contribution is 2.48. The highest BCUT2D eigenvalue weighted by Gasteiger charge is 2.42. The molecule has 150 valence electrons. The second-order valence-electron chi connectivity index (χ2n) is 5.71. The van der Waals surface area contributed by atoms with Crippen molar-refractivity contribution in [3.05, 3.63) is 54.7 Å². The highest BCUT2D eigenvalue weighted by molar-refractivity contribution is 6.34. The Hall–Kier alpha value is -3.09. The molecule has 0 saturated heterocycles. The van der Waals surface area contributed by atoms with Crippen LogP contribution >= 0.6 is 11.6 Å². The fourth-order valence-electron chi connectivity index (χ4n) is 2.16. The summed E-state index contributed by atoms with van der Waals surface area (Å²) in [5.74, 6) is -1.90. The molecule has 0 unspecified atom stereocenters. The lowest BCUT2D eigenvalue weighted by atomic mass is 10.1. The number of nitro benzene ring substituents is 2. The molecule has 0 amide bonds. The molecule has 2 aromatic rings. The Bertz CT molecular complexity index is 968. The number of hydrogen-bond acceptors (Lipinski definition) is 7. The van der Waals surface area contributed by atoms with Gasteiger partial charge in [-0.05, 0) is 0 Å². The van der Waals surface area contributed by atoms with Crippen LogP contribution in [-0.4, -0.2) is 19.8 Å². The molecule has 0 atom stereocenters. The van der Waals surface area contributed by atoms with Crippen LogP contribution in [0.3, 0.4) is 0 Å². The zero-order valence-electron chi connectivity index (χ0n) is 14.0. The Labute approximate surface area is 158 Å². The molecule has 1 aromatic carbocycles. The molecule has 1 heterocycles. The summed E-state index contributed by atoms with van der Waals surface area (Å²) in [5, 5.41) is 23.3. The number of rotatable bonds is 5. The van der Waals surface area contributed by atoms with E-state index < -0.39 is 55.4 Å². The molecule has 28 heavy (non-hydrogen) atoms. The smallest absolute Gasteiger partial charge is 0.329 e. The Kier molecular flexibility index (Phi) is 5.68. The molecule has 2 rings (SSSR count). The molecule has 0 radical (unpaired) electrons. The monoisotopic (exact) mass is 423 g/mol. The van der Waals surface area contributed by atoms with Crippen molar-refractivity contribution in [3.8, 4) is 0 Å². The normalized spacial score (nSPS) is 11.6. The molecule has 9 nitrogen and oxygen atoms in total. The summed E-state index contributed by atoms with van der Waals surface area (Å²) in [7, 11) is 0. The Morgan fingerprint density at radius 3 is 2.21 bits per heavy atom. The van der Waals surface area contributed by atoms with Crippen LogP contribution in [0.25, 0.3) is 0 Å². The summed E-state index contributed by atoms with van der Waals surface area (Å²) in [6.45, 7) is 3.22. The van der Waals surface area contributed by atoms with Gasteiger partial charge in [0.15, 0.2) is 5.69 Å². The van der Waals surface area contributed by atoms with Gasteiger partial charge in [-0.15, -0.1) is 0 Å². The van der Waals surface area contributed by atoms with Gasteiger partial charge in [-0.25, -0.2) is 9.97 Å². The summed E-state index contributed by atoms with van der Waals surface area (Å²) >= 11 is 5.52. The number of aromatic nitrogens is 2. The van der Waals surface area contributed by atoms with Gasteiger partial charge in [-0.2, -0.15) is 17.6 Å². The zero-order valence-corrected chi connectivity index (χ0v) is 14.8. The molecule has 1 aromatic heterocycles. The van der Waals surface area contributed by atoms with E-state index in [9.17, 15) is 37.8 Å². The molecule has 14 heteroatoms. The van der Waals surface area contributed by atoms with Crippen LogP contribution in [0.4, 0.5) is 40.4 Å². The fourth-order valence-corrected chi connectivity index (χ4v) is 2.49. The molecule has 0 aliphatic heterocycles. The molecule has 0 saturated carbocycles. The van der Waals surface area contributed by atoms with Crippen molar-refractivity contribution < 1.29 is 27.4 Å². The number of nitrogens with one attached hydrogen (secondary N) is 1. The second-order valence-corrected chi connectivity index (χ2v) is 6.08. The number of alkyl halides is 3. The van der Waals surface area contributed by atoms with E-state index in [0.29, 0.717) is 6.07 Å². The molecule has 0 aliphatic carbocycles. The van der Waals surface area contributed by atoms with Gasteiger partial charge in [0.1, 0.15) is 16.7 Å². The lowest BCUT2D eigenvalue weighted by molar-refractivity contribution is -0.392. The molecule has 1 N–H and O–H groups in total. The van der Waals surface area contributed by atoms with E-state index in [-0.39, 0.29) is 17.8 Å². The van der Waals surface area contributed by atoms with Crippen molar-refractivity contribution >= 4 is 34.5 Å². The van der Waals surface area contributed by atoms with Gasteiger partial charge < -0.3 is 5.32 Å². The minimum absolute atomic E-state index is 0.0363. The van der Waals surface area contributed by atoms with Gasteiger partial charge in [0.05, 0.1) is 15.4 Å². The number of hydrogen-bond donors (Lipinski definition) is 1. The Morgan fingerprint density at radius 2 is 1.75 bits per heavy atom.